The molecule has 0 radical (unpaired) electrons. The smallest absolute Gasteiger partial charge is 0.277 e. The van der Waals surface area contributed by atoms with Crippen LogP contribution >= 0.6 is 11.8 Å². The third-order valence-corrected chi connectivity index (χ3v) is 5.10. The lowest BCUT2D eigenvalue weighted by Gasteiger charge is -2.26. The molecule has 3 aromatic rings. The fraction of sp³-hybridized carbons (Fsp3) is 0.286. The molecule has 1 aromatic heterocycles. The molecule has 140 valence electrons. The van der Waals surface area contributed by atoms with Crippen LogP contribution in [0.3, 0.4) is 0 Å². The van der Waals surface area contributed by atoms with E-state index in [1.807, 2.05) is 69.3 Å². The quantitative estimate of drug-likeness (QED) is 0.569. The fourth-order valence-electron chi connectivity index (χ4n) is 2.77. The van der Waals surface area contributed by atoms with E-state index in [1.165, 1.54) is 22.9 Å². The zero-order valence-electron chi connectivity index (χ0n) is 16.0. The van der Waals surface area contributed by atoms with Crippen LogP contribution < -0.4 is 4.90 Å². The molecule has 0 spiro atoms. The highest BCUT2D eigenvalue weighted by Gasteiger charge is 2.20. The van der Waals surface area contributed by atoms with Crippen LogP contribution in [0.4, 0.5) is 5.69 Å². The first-order chi connectivity index (χ1) is 13.0. The minimum atomic E-state index is 0.00660. The van der Waals surface area contributed by atoms with E-state index in [0.717, 1.165) is 11.3 Å². The van der Waals surface area contributed by atoms with Crippen molar-refractivity contribution in [1.82, 2.24) is 10.2 Å². The molecule has 0 fully saturated rings. The minimum absolute atomic E-state index is 0.00660. The molecule has 0 N–H and O–H groups in total. The predicted octanol–water partition coefficient (Wildman–Crippen LogP) is 4.89. The van der Waals surface area contributed by atoms with Crippen molar-refractivity contribution in [3.63, 3.8) is 0 Å². The van der Waals surface area contributed by atoms with E-state index < -0.39 is 0 Å². The normalized spacial score (nSPS) is 11.0. The number of para-hydroxylation sites is 1. The Bertz CT molecular complexity index is 922. The summed E-state index contributed by atoms with van der Waals surface area (Å²) >= 11 is 1.26. The first kappa shape index (κ1) is 19.2. The van der Waals surface area contributed by atoms with Crippen molar-refractivity contribution in [2.45, 2.75) is 39.0 Å². The number of hydrogen-bond donors (Lipinski definition) is 0. The Morgan fingerprint density at radius 1 is 1.07 bits per heavy atom. The van der Waals surface area contributed by atoms with Gasteiger partial charge in [0.1, 0.15) is 0 Å². The molecular formula is C21H23N3O2S. The SMILES string of the molecule is Cc1ccc(-c2nnc(SCC(=O)N(c3ccccc3)C(C)C)o2)cc1C. The maximum absolute atomic E-state index is 12.7. The third kappa shape index (κ3) is 4.57. The van der Waals surface area contributed by atoms with Crippen LogP contribution in [0.5, 0.6) is 0 Å². The van der Waals surface area contributed by atoms with Gasteiger partial charge in [-0.15, -0.1) is 10.2 Å². The number of carbonyl (C=O) groups is 1. The number of aryl methyl sites for hydroxylation is 2. The lowest BCUT2D eigenvalue weighted by atomic mass is 10.1. The van der Waals surface area contributed by atoms with E-state index in [0.29, 0.717) is 11.1 Å². The van der Waals surface area contributed by atoms with Gasteiger partial charge < -0.3 is 9.32 Å². The van der Waals surface area contributed by atoms with Gasteiger partial charge in [-0.2, -0.15) is 0 Å². The second-order valence-electron chi connectivity index (χ2n) is 6.65. The molecule has 1 heterocycles. The van der Waals surface area contributed by atoms with Gasteiger partial charge in [0.25, 0.3) is 5.22 Å². The largest absolute Gasteiger partial charge is 0.411 e. The highest BCUT2D eigenvalue weighted by molar-refractivity contribution is 7.99. The van der Waals surface area contributed by atoms with Gasteiger partial charge in [0.2, 0.25) is 11.8 Å². The van der Waals surface area contributed by atoms with Crippen LogP contribution in [0.15, 0.2) is 58.2 Å². The molecule has 2 aromatic carbocycles. The van der Waals surface area contributed by atoms with Crippen LogP contribution in [0.1, 0.15) is 25.0 Å². The molecule has 0 aliphatic carbocycles. The van der Waals surface area contributed by atoms with Crippen molar-refractivity contribution in [3.8, 4) is 11.5 Å². The molecule has 1 amide bonds. The van der Waals surface area contributed by atoms with Gasteiger partial charge in [0, 0.05) is 17.3 Å². The van der Waals surface area contributed by atoms with Gasteiger partial charge >= 0.3 is 0 Å². The van der Waals surface area contributed by atoms with E-state index >= 15 is 0 Å². The number of amides is 1. The number of nitrogens with zero attached hydrogens (tertiary/aromatic N) is 3. The summed E-state index contributed by atoms with van der Waals surface area (Å²) in [5.41, 5.74) is 4.16. The predicted molar refractivity (Wildman–Crippen MR) is 109 cm³/mol. The summed E-state index contributed by atoms with van der Waals surface area (Å²) in [5.74, 6) is 0.714. The van der Waals surface area contributed by atoms with Crippen molar-refractivity contribution in [2.24, 2.45) is 0 Å². The van der Waals surface area contributed by atoms with Gasteiger partial charge in [0.05, 0.1) is 5.75 Å². The van der Waals surface area contributed by atoms with Crippen LogP contribution in [-0.4, -0.2) is 27.9 Å². The molecule has 6 heteroatoms. The van der Waals surface area contributed by atoms with Gasteiger partial charge in [0.15, 0.2) is 0 Å². The molecule has 0 aliphatic heterocycles. The van der Waals surface area contributed by atoms with Crippen LogP contribution in [0, 0.1) is 13.8 Å². The lowest BCUT2D eigenvalue weighted by Crippen LogP contribution is -2.38. The standard InChI is InChI=1S/C21H23N3O2S/c1-14(2)24(18-8-6-5-7-9-18)19(25)13-27-21-23-22-20(26-21)17-11-10-15(3)16(4)12-17/h5-12,14H,13H2,1-4H3. The molecule has 0 unspecified atom stereocenters. The summed E-state index contributed by atoms with van der Waals surface area (Å²) in [6.45, 7) is 8.11. The lowest BCUT2D eigenvalue weighted by molar-refractivity contribution is -0.116. The monoisotopic (exact) mass is 381 g/mol. The summed E-state index contributed by atoms with van der Waals surface area (Å²) < 4.78 is 5.73. The molecule has 0 aliphatic rings. The summed E-state index contributed by atoms with van der Waals surface area (Å²) in [7, 11) is 0. The highest BCUT2D eigenvalue weighted by atomic mass is 32.2. The first-order valence-corrected chi connectivity index (χ1v) is 9.85. The van der Waals surface area contributed by atoms with Crippen LogP contribution in [0.2, 0.25) is 0 Å². The van der Waals surface area contributed by atoms with E-state index in [9.17, 15) is 4.79 Å². The number of carbonyl (C=O) groups excluding carboxylic acids is 1. The highest BCUT2D eigenvalue weighted by Crippen LogP contribution is 2.26. The summed E-state index contributed by atoms with van der Waals surface area (Å²) in [6.07, 6.45) is 0. The van der Waals surface area contributed by atoms with Crippen LogP contribution in [0.25, 0.3) is 11.5 Å². The average Bonchev–Trinajstić information content (AvgIpc) is 3.12. The Balaban J connectivity index is 1.68. The maximum Gasteiger partial charge on any atom is 0.277 e. The van der Waals surface area contributed by atoms with Gasteiger partial charge in [-0.05, 0) is 63.1 Å². The van der Waals surface area contributed by atoms with E-state index in [2.05, 4.69) is 17.1 Å². The molecule has 0 atom stereocenters. The van der Waals surface area contributed by atoms with Crippen molar-refractivity contribution in [3.05, 3.63) is 59.7 Å². The molecule has 0 saturated heterocycles. The van der Waals surface area contributed by atoms with Gasteiger partial charge in [-0.3, -0.25) is 4.79 Å². The van der Waals surface area contributed by atoms with Crippen molar-refractivity contribution in [2.75, 3.05) is 10.7 Å². The minimum Gasteiger partial charge on any atom is -0.411 e. The molecular weight excluding hydrogens is 358 g/mol. The van der Waals surface area contributed by atoms with E-state index in [4.69, 9.17) is 4.42 Å². The Morgan fingerprint density at radius 3 is 2.48 bits per heavy atom. The Hall–Kier alpha value is -2.60. The topological polar surface area (TPSA) is 59.2 Å². The second kappa shape index (κ2) is 8.39. The first-order valence-electron chi connectivity index (χ1n) is 8.86. The van der Waals surface area contributed by atoms with Crippen molar-refractivity contribution >= 4 is 23.4 Å². The molecule has 3 rings (SSSR count). The second-order valence-corrected chi connectivity index (χ2v) is 7.58. The number of anilines is 1. The summed E-state index contributed by atoms with van der Waals surface area (Å²) in [4.78, 5) is 14.5. The van der Waals surface area contributed by atoms with Gasteiger partial charge in [-0.1, -0.05) is 36.0 Å². The Labute approximate surface area is 163 Å². The van der Waals surface area contributed by atoms with E-state index in [1.54, 1.807) is 4.90 Å². The molecule has 0 saturated carbocycles. The number of thioether (sulfide) groups is 1. The zero-order valence-corrected chi connectivity index (χ0v) is 16.8. The third-order valence-electron chi connectivity index (χ3n) is 4.30. The fourth-order valence-corrected chi connectivity index (χ4v) is 3.39. The summed E-state index contributed by atoms with van der Waals surface area (Å²) in [6, 6.07) is 15.8. The molecule has 0 bridgehead atoms. The average molecular weight is 382 g/mol. The number of aromatic nitrogens is 2. The number of hydrogen-bond acceptors (Lipinski definition) is 5. The number of rotatable bonds is 6. The van der Waals surface area contributed by atoms with Crippen molar-refractivity contribution < 1.29 is 9.21 Å². The Kier molecular flexibility index (Phi) is 5.96. The maximum atomic E-state index is 12.7. The Morgan fingerprint density at radius 2 is 1.81 bits per heavy atom. The van der Waals surface area contributed by atoms with Gasteiger partial charge in [-0.25, -0.2) is 0 Å². The van der Waals surface area contributed by atoms with Crippen molar-refractivity contribution in [1.29, 1.82) is 0 Å². The zero-order chi connectivity index (χ0) is 19.4. The summed E-state index contributed by atoms with van der Waals surface area (Å²) in [5, 5.41) is 8.58. The molecule has 27 heavy (non-hydrogen) atoms. The molecule has 5 nitrogen and oxygen atoms in total. The van der Waals surface area contributed by atoms with Crippen LogP contribution in [-0.2, 0) is 4.79 Å². The number of benzene rings is 2. The van der Waals surface area contributed by atoms with E-state index in [-0.39, 0.29) is 17.7 Å².